The fraction of sp³-hybridized carbons (Fsp3) is 0.103. The van der Waals surface area contributed by atoms with Crippen molar-refractivity contribution >= 4 is 34.7 Å². The van der Waals surface area contributed by atoms with Gasteiger partial charge in [-0.1, -0.05) is 17.7 Å². The smallest absolute Gasteiger partial charge is 0.341 e. The average Bonchev–Trinajstić information content (AvgIpc) is 3.53. The summed E-state index contributed by atoms with van der Waals surface area (Å²) in [5, 5.41) is 9.76. The molecular weight excluding hydrogens is 562 g/mol. The normalized spacial score (nSPS) is 14.7. The Hall–Kier alpha value is -4.77. The van der Waals surface area contributed by atoms with E-state index in [1.165, 1.54) is 48.1 Å². The van der Waals surface area contributed by atoms with Gasteiger partial charge in [-0.25, -0.2) is 13.9 Å². The first kappa shape index (κ1) is 26.5. The molecule has 3 heterocycles. The predicted octanol–water partition coefficient (Wildman–Crippen LogP) is 6.60. The number of pyridine rings is 1. The second kappa shape index (κ2) is 9.70. The fourth-order valence-corrected chi connectivity index (χ4v) is 5.15. The van der Waals surface area contributed by atoms with Crippen LogP contribution in [0.1, 0.15) is 49.0 Å². The van der Waals surface area contributed by atoms with Gasteiger partial charge in [-0.2, -0.15) is 18.3 Å². The standard InChI is InChI=1S/C29H18ClF4N5O2/c1-14-2-3-15(9-21(14)29(32,33)34)27(40)37-23-10-17(16-4-7-24-35-13-36-39(24)12-16)8-20-25(23)26(38-28(20)41)19-11-18(31)5-6-22(19)30/h2-13,26H,1H3,(H,37,40)(H,38,41)/t26-/m1/s1. The van der Waals surface area contributed by atoms with E-state index in [1.807, 2.05) is 0 Å². The van der Waals surface area contributed by atoms with E-state index < -0.39 is 35.4 Å². The highest BCUT2D eigenvalue weighted by Gasteiger charge is 2.36. The van der Waals surface area contributed by atoms with Crippen LogP contribution in [0.3, 0.4) is 0 Å². The summed E-state index contributed by atoms with van der Waals surface area (Å²) < 4.78 is 56.4. The van der Waals surface area contributed by atoms with Gasteiger partial charge in [0.25, 0.3) is 11.8 Å². The third-order valence-electron chi connectivity index (χ3n) is 6.92. The number of hydrogen-bond donors (Lipinski definition) is 2. The maximum absolute atomic E-state index is 14.2. The van der Waals surface area contributed by atoms with Crippen molar-refractivity contribution in [3.8, 4) is 11.1 Å². The first-order chi connectivity index (χ1) is 19.5. The van der Waals surface area contributed by atoms with E-state index in [0.29, 0.717) is 22.3 Å². The number of nitrogens with one attached hydrogen (secondary N) is 2. The lowest BCUT2D eigenvalue weighted by Crippen LogP contribution is -2.21. The number of carbonyl (C=O) groups excluding carboxylic acids is 2. The van der Waals surface area contributed by atoms with Crippen molar-refractivity contribution in [1.82, 2.24) is 19.9 Å². The Morgan fingerprint density at radius 3 is 2.63 bits per heavy atom. The van der Waals surface area contributed by atoms with E-state index in [0.717, 1.165) is 6.07 Å². The summed E-state index contributed by atoms with van der Waals surface area (Å²) in [5.41, 5.74) is 1.38. The van der Waals surface area contributed by atoms with Gasteiger partial charge < -0.3 is 10.6 Å². The number of halogens is 5. The minimum atomic E-state index is -4.66. The summed E-state index contributed by atoms with van der Waals surface area (Å²) in [4.78, 5) is 30.6. The summed E-state index contributed by atoms with van der Waals surface area (Å²) in [5.74, 6) is -1.92. The summed E-state index contributed by atoms with van der Waals surface area (Å²) in [6, 6.07) is 12.7. The number of amides is 2. The third-order valence-corrected chi connectivity index (χ3v) is 7.26. The Labute approximate surface area is 234 Å². The van der Waals surface area contributed by atoms with Gasteiger partial charge in [0.05, 0.1) is 11.6 Å². The molecule has 2 N–H and O–H groups in total. The highest BCUT2D eigenvalue weighted by molar-refractivity contribution is 6.31. The zero-order valence-electron chi connectivity index (χ0n) is 21.1. The summed E-state index contributed by atoms with van der Waals surface area (Å²) >= 11 is 6.36. The molecule has 7 nitrogen and oxygen atoms in total. The highest BCUT2D eigenvalue weighted by atomic mass is 35.5. The maximum Gasteiger partial charge on any atom is 0.416 e. The summed E-state index contributed by atoms with van der Waals surface area (Å²) in [7, 11) is 0. The largest absolute Gasteiger partial charge is 0.416 e. The Morgan fingerprint density at radius 2 is 1.85 bits per heavy atom. The fourth-order valence-electron chi connectivity index (χ4n) is 4.92. The molecule has 41 heavy (non-hydrogen) atoms. The van der Waals surface area contributed by atoms with Gasteiger partial charge in [0.1, 0.15) is 12.1 Å². The van der Waals surface area contributed by atoms with Crippen LogP contribution in [0.2, 0.25) is 5.02 Å². The van der Waals surface area contributed by atoms with Crippen LogP contribution in [-0.2, 0) is 6.18 Å². The van der Waals surface area contributed by atoms with Crippen LogP contribution in [-0.4, -0.2) is 26.4 Å². The number of benzene rings is 3. The predicted molar refractivity (Wildman–Crippen MR) is 143 cm³/mol. The number of carbonyl (C=O) groups is 2. The van der Waals surface area contributed by atoms with Crippen molar-refractivity contribution in [2.24, 2.45) is 0 Å². The van der Waals surface area contributed by atoms with Gasteiger partial charge in [-0.15, -0.1) is 0 Å². The summed E-state index contributed by atoms with van der Waals surface area (Å²) in [6.45, 7) is 1.30. The van der Waals surface area contributed by atoms with Crippen molar-refractivity contribution in [1.29, 1.82) is 0 Å². The Bertz CT molecular complexity index is 1890. The molecule has 0 fully saturated rings. The van der Waals surface area contributed by atoms with E-state index in [1.54, 1.807) is 30.5 Å². The molecule has 0 unspecified atom stereocenters. The number of aromatic nitrogens is 3. The zero-order chi connectivity index (χ0) is 29.1. The van der Waals surface area contributed by atoms with Crippen LogP contribution in [0.5, 0.6) is 0 Å². The minimum Gasteiger partial charge on any atom is -0.341 e. The van der Waals surface area contributed by atoms with Crippen LogP contribution < -0.4 is 10.6 Å². The number of anilines is 1. The van der Waals surface area contributed by atoms with Crippen LogP contribution in [0.25, 0.3) is 16.8 Å². The second-order valence-corrected chi connectivity index (χ2v) is 9.93. The Morgan fingerprint density at radius 1 is 1.05 bits per heavy atom. The molecule has 0 radical (unpaired) electrons. The van der Waals surface area contributed by atoms with E-state index >= 15 is 0 Å². The molecule has 0 spiro atoms. The number of nitrogens with zero attached hydrogens (tertiary/aromatic N) is 3. The van der Waals surface area contributed by atoms with Crippen molar-refractivity contribution in [2.75, 3.05) is 5.32 Å². The molecule has 1 aliphatic heterocycles. The third kappa shape index (κ3) is 4.78. The van der Waals surface area contributed by atoms with Crippen LogP contribution >= 0.6 is 11.6 Å². The van der Waals surface area contributed by atoms with Gasteiger partial charge in [-0.3, -0.25) is 9.59 Å². The average molecular weight is 580 g/mol. The van der Waals surface area contributed by atoms with E-state index in [-0.39, 0.29) is 33.0 Å². The molecule has 206 valence electrons. The molecule has 0 saturated heterocycles. The van der Waals surface area contributed by atoms with Crippen molar-refractivity contribution in [3.05, 3.63) is 117 Å². The topological polar surface area (TPSA) is 88.4 Å². The summed E-state index contributed by atoms with van der Waals surface area (Å²) in [6.07, 6.45) is -1.60. The van der Waals surface area contributed by atoms with Crippen molar-refractivity contribution < 1.29 is 27.2 Å². The molecule has 5 aromatic rings. The number of fused-ring (bicyclic) bond motifs is 2. The molecule has 12 heteroatoms. The minimum absolute atomic E-state index is 0.0314. The number of aryl methyl sites for hydroxylation is 1. The van der Waals surface area contributed by atoms with E-state index in [2.05, 4.69) is 20.7 Å². The molecule has 6 rings (SSSR count). The monoisotopic (exact) mass is 579 g/mol. The van der Waals surface area contributed by atoms with Crippen LogP contribution in [0, 0.1) is 12.7 Å². The first-order valence-electron chi connectivity index (χ1n) is 12.2. The van der Waals surface area contributed by atoms with Crippen molar-refractivity contribution in [2.45, 2.75) is 19.1 Å². The van der Waals surface area contributed by atoms with E-state index in [9.17, 15) is 27.2 Å². The van der Waals surface area contributed by atoms with Crippen LogP contribution in [0.15, 0.2) is 73.2 Å². The van der Waals surface area contributed by atoms with Crippen molar-refractivity contribution in [3.63, 3.8) is 0 Å². The molecule has 2 aromatic heterocycles. The van der Waals surface area contributed by atoms with E-state index in [4.69, 9.17) is 11.6 Å². The van der Waals surface area contributed by atoms with Gasteiger partial charge >= 0.3 is 6.18 Å². The van der Waals surface area contributed by atoms with Crippen LogP contribution in [0.4, 0.5) is 23.2 Å². The quantitative estimate of drug-likeness (QED) is 0.235. The molecule has 1 atom stereocenters. The SMILES string of the molecule is Cc1ccc(C(=O)Nc2cc(-c3ccc4ncnn4c3)cc3c2[C@@H](c2cc(F)ccc2Cl)NC3=O)cc1C(F)(F)F. The van der Waals surface area contributed by atoms with Gasteiger partial charge in [0.15, 0.2) is 5.65 Å². The first-order valence-corrected chi connectivity index (χ1v) is 12.6. The lowest BCUT2D eigenvalue weighted by atomic mass is 9.93. The highest BCUT2D eigenvalue weighted by Crippen LogP contribution is 2.42. The van der Waals surface area contributed by atoms with Gasteiger partial charge in [0.2, 0.25) is 0 Å². The maximum atomic E-state index is 14.2. The number of hydrogen-bond acceptors (Lipinski definition) is 4. The lowest BCUT2D eigenvalue weighted by Gasteiger charge is -2.19. The molecule has 0 saturated carbocycles. The van der Waals surface area contributed by atoms with Gasteiger partial charge in [-0.05, 0) is 72.6 Å². The molecular formula is C29H18ClF4N5O2. The lowest BCUT2D eigenvalue weighted by molar-refractivity contribution is -0.138. The number of alkyl halides is 3. The molecule has 2 amide bonds. The molecule has 1 aliphatic rings. The number of rotatable bonds is 4. The second-order valence-electron chi connectivity index (χ2n) is 9.52. The molecule has 0 bridgehead atoms. The Kier molecular flexibility index (Phi) is 6.26. The molecule has 0 aliphatic carbocycles. The molecule has 3 aromatic carbocycles. The zero-order valence-corrected chi connectivity index (χ0v) is 21.8. The Balaban J connectivity index is 1.50. The van der Waals surface area contributed by atoms with Gasteiger partial charge in [0, 0.05) is 44.7 Å².